The summed E-state index contributed by atoms with van der Waals surface area (Å²) in [6.07, 6.45) is 8.63. The van der Waals surface area contributed by atoms with Gasteiger partial charge in [0.1, 0.15) is 0 Å². The number of carbonyl (C=O) groups is 1. The van der Waals surface area contributed by atoms with Crippen LogP contribution < -0.4 is 11.1 Å². The molecule has 0 unspecified atom stereocenters. The Morgan fingerprint density at radius 2 is 1.94 bits per heavy atom. The monoisotopic (exact) mass is 524 g/mol. The SMILES string of the molecule is NC(=NCc1ccncc1)NC(=O)c1cccc(Cl)c1CCc1cc(Br)ccc1C1CCC1. The van der Waals surface area contributed by atoms with E-state index in [2.05, 4.69) is 49.4 Å². The zero-order valence-electron chi connectivity index (χ0n) is 18.2. The minimum absolute atomic E-state index is 0.0713. The van der Waals surface area contributed by atoms with Crippen molar-refractivity contribution in [2.24, 2.45) is 10.7 Å². The van der Waals surface area contributed by atoms with E-state index in [1.54, 1.807) is 24.5 Å². The lowest BCUT2D eigenvalue weighted by Gasteiger charge is -2.28. The van der Waals surface area contributed by atoms with E-state index >= 15 is 0 Å². The molecule has 33 heavy (non-hydrogen) atoms. The van der Waals surface area contributed by atoms with Crippen molar-refractivity contribution in [2.45, 2.75) is 44.6 Å². The van der Waals surface area contributed by atoms with Gasteiger partial charge in [-0.15, -0.1) is 0 Å². The molecule has 2 aromatic carbocycles. The number of guanidine groups is 1. The quantitative estimate of drug-likeness (QED) is 0.302. The fourth-order valence-corrected chi connectivity index (χ4v) is 4.76. The van der Waals surface area contributed by atoms with Gasteiger partial charge in [0, 0.05) is 27.5 Å². The van der Waals surface area contributed by atoms with Crippen LogP contribution in [0.15, 0.2) is 70.4 Å². The number of hydrogen-bond donors (Lipinski definition) is 2. The Morgan fingerprint density at radius 3 is 2.67 bits per heavy atom. The molecule has 0 aliphatic heterocycles. The van der Waals surface area contributed by atoms with Gasteiger partial charge in [0.05, 0.1) is 6.54 Å². The Morgan fingerprint density at radius 1 is 1.15 bits per heavy atom. The Bertz CT molecular complexity index is 1160. The first-order valence-corrected chi connectivity index (χ1v) is 12.2. The molecule has 1 aliphatic rings. The number of nitrogens with zero attached hydrogens (tertiary/aromatic N) is 2. The van der Waals surface area contributed by atoms with Crippen molar-refractivity contribution < 1.29 is 4.79 Å². The molecule has 3 N–H and O–H groups in total. The van der Waals surface area contributed by atoms with E-state index in [1.165, 1.54) is 30.4 Å². The van der Waals surface area contributed by atoms with Crippen LogP contribution in [0.4, 0.5) is 0 Å². The number of aliphatic imine (C=N–C) groups is 1. The Kier molecular flexibility index (Phi) is 7.78. The van der Waals surface area contributed by atoms with E-state index in [-0.39, 0.29) is 11.9 Å². The maximum absolute atomic E-state index is 13.0. The third-order valence-electron chi connectivity index (χ3n) is 6.08. The minimum atomic E-state index is -0.308. The van der Waals surface area contributed by atoms with Gasteiger partial charge in [-0.1, -0.05) is 46.1 Å². The molecular formula is C26H26BrClN4O. The second kappa shape index (κ2) is 10.9. The highest BCUT2D eigenvalue weighted by Gasteiger charge is 2.23. The van der Waals surface area contributed by atoms with Gasteiger partial charge in [-0.3, -0.25) is 15.1 Å². The van der Waals surface area contributed by atoms with E-state index in [1.807, 2.05) is 18.2 Å². The molecule has 5 nitrogen and oxygen atoms in total. The summed E-state index contributed by atoms with van der Waals surface area (Å²) in [5, 5.41) is 3.28. The van der Waals surface area contributed by atoms with Crippen molar-refractivity contribution in [1.29, 1.82) is 0 Å². The molecule has 1 heterocycles. The maximum atomic E-state index is 13.0. The summed E-state index contributed by atoms with van der Waals surface area (Å²) < 4.78 is 1.07. The number of halogens is 2. The zero-order chi connectivity index (χ0) is 23.2. The van der Waals surface area contributed by atoms with Gasteiger partial charge >= 0.3 is 0 Å². The van der Waals surface area contributed by atoms with E-state index in [9.17, 15) is 4.79 Å². The summed E-state index contributed by atoms with van der Waals surface area (Å²) in [6, 6.07) is 15.6. The van der Waals surface area contributed by atoms with Gasteiger partial charge < -0.3 is 5.73 Å². The van der Waals surface area contributed by atoms with Crippen LogP contribution in [0.25, 0.3) is 0 Å². The maximum Gasteiger partial charge on any atom is 0.258 e. The van der Waals surface area contributed by atoms with Crippen LogP contribution in [-0.2, 0) is 19.4 Å². The smallest absolute Gasteiger partial charge is 0.258 e. The summed E-state index contributed by atoms with van der Waals surface area (Å²) in [5.41, 5.74) is 11.0. The van der Waals surface area contributed by atoms with Crippen LogP contribution in [0.3, 0.4) is 0 Å². The van der Waals surface area contributed by atoms with Crippen molar-refractivity contribution in [3.05, 3.63) is 98.2 Å². The topological polar surface area (TPSA) is 80.4 Å². The number of amides is 1. The van der Waals surface area contributed by atoms with Gasteiger partial charge in [-0.25, -0.2) is 4.99 Å². The van der Waals surface area contributed by atoms with Crippen LogP contribution in [0.2, 0.25) is 5.02 Å². The number of nitrogens with two attached hydrogens (primary N) is 1. The summed E-state index contributed by atoms with van der Waals surface area (Å²) >= 11 is 10.1. The number of carbonyl (C=O) groups excluding carboxylic acids is 1. The van der Waals surface area contributed by atoms with Gasteiger partial charge in [0.15, 0.2) is 5.96 Å². The van der Waals surface area contributed by atoms with Crippen LogP contribution in [0.1, 0.15) is 57.8 Å². The first-order valence-electron chi connectivity index (χ1n) is 11.1. The normalized spacial score (nSPS) is 14.1. The fraction of sp³-hybridized carbons (Fsp3) is 0.269. The number of nitrogens with one attached hydrogen (secondary N) is 1. The van der Waals surface area contributed by atoms with Gasteiger partial charge in [0.25, 0.3) is 5.91 Å². The lowest BCUT2D eigenvalue weighted by molar-refractivity contribution is 0.0975. The molecule has 0 bridgehead atoms. The summed E-state index contributed by atoms with van der Waals surface area (Å²) in [4.78, 5) is 21.2. The van der Waals surface area contributed by atoms with Crippen LogP contribution in [0.5, 0.6) is 0 Å². The predicted octanol–water partition coefficient (Wildman–Crippen LogP) is 5.79. The molecule has 7 heteroatoms. The molecule has 1 fully saturated rings. The molecule has 1 aliphatic carbocycles. The number of aromatic nitrogens is 1. The summed E-state index contributed by atoms with van der Waals surface area (Å²) in [5.74, 6) is 0.400. The average molecular weight is 526 g/mol. The van der Waals surface area contributed by atoms with Crippen LogP contribution in [0, 0.1) is 0 Å². The van der Waals surface area contributed by atoms with Gasteiger partial charge in [0.2, 0.25) is 0 Å². The highest BCUT2D eigenvalue weighted by Crippen LogP contribution is 2.39. The minimum Gasteiger partial charge on any atom is -0.370 e. The Hall–Kier alpha value is -2.70. The molecule has 0 spiro atoms. The van der Waals surface area contributed by atoms with E-state index in [0.717, 1.165) is 22.0 Å². The van der Waals surface area contributed by atoms with Crippen LogP contribution in [-0.4, -0.2) is 16.9 Å². The third kappa shape index (κ3) is 6.01. The summed E-state index contributed by atoms with van der Waals surface area (Å²) in [6.45, 7) is 0.365. The van der Waals surface area contributed by atoms with Crippen molar-refractivity contribution in [3.63, 3.8) is 0 Å². The largest absolute Gasteiger partial charge is 0.370 e. The molecule has 1 saturated carbocycles. The molecule has 0 saturated heterocycles. The molecule has 0 radical (unpaired) electrons. The first kappa shape index (κ1) is 23.5. The molecule has 3 aromatic rings. The lowest BCUT2D eigenvalue weighted by atomic mass is 9.77. The molecule has 1 amide bonds. The molecule has 170 valence electrons. The van der Waals surface area contributed by atoms with Crippen LogP contribution >= 0.6 is 27.5 Å². The molecule has 0 atom stereocenters. The van der Waals surface area contributed by atoms with Crippen molar-refractivity contribution in [1.82, 2.24) is 10.3 Å². The Labute approximate surface area is 207 Å². The number of rotatable bonds is 7. The number of benzene rings is 2. The molecule has 4 rings (SSSR count). The standard InChI is InChI=1S/C26H26BrClN4O/c27-20-8-10-21(18-3-1-4-18)19(15-20)7-9-22-23(5-2-6-24(22)28)25(33)32-26(29)31-16-17-11-13-30-14-12-17/h2,5-6,8,10-15,18H,1,3-4,7,9,16H2,(H3,29,31,32,33). The van der Waals surface area contributed by atoms with Crippen molar-refractivity contribution in [2.75, 3.05) is 0 Å². The third-order valence-corrected chi connectivity index (χ3v) is 6.93. The fourth-order valence-electron chi connectivity index (χ4n) is 4.08. The summed E-state index contributed by atoms with van der Waals surface area (Å²) in [7, 11) is 0. The van der Waals surface area contributed by atoms with E-state index < -0.39 is 0 Å². The van der Waals surface area contributed by atoms with Gasteiger partial charge in [-0.05, 0) is 90.3 Å². The highest BCUT2D eigenvalue weighted by atomic mass is 79.9. The Balaban J connectivity index is 1.48. The lowest BCUT2D eigenvalue weighted by Crippen LogP contribution is -2.37. The predicted molar refractivity (Wildman–Crippen MR) is 137 cm³/mol. The van der Waals surface area contributed by atoms with Gasteiger partial charge in [-0.2, -0.15) is 0 Å². The number of pyridine rings is 1. The van der Waals surface area contributed by atoms with E-state index in [4.69, 9.17) is 17.3 Å². The number of aryl methyl sites for hydroxylation is 1. The number of hydrogen-bond acceptors (Lipinski definition) is 3. The highest BCUT2D eigenvalue weighted by molar-refractivity contribution is 9.10. The first-order chi connectivity index (χ1) is 16.0. The zero-order valence-corrected chi connectivity index (χ0v) is 20.6. The molecule has 1 aromatic heterocycles. The van der Waals surface area contributed by atoms with Crippen molar-refractivity contribution >= 4 is 39.4 Å². The second-order valence-corrected chi connectivity index (χ2v) is 9.57. The molecular weight excluding hydrogens is 500 g/mol. The van der Waals surface area contributed by atoms with E-state index in [0.29, 0.717) is 29.5 Å². The second-order valence-electron chi connectivity index (χ2n) is 8.25. The average Bonchev–Trinajstić information content (AvgIpc) is 2.77. The van der Waals surface area contributed by atoms with Crippen molar-refractivity contribution in [3.8, 4) is 0 Å².